The molecule has 2 saturated carbocycles. The summed E-state index contributed by atoms with van der Waals surface area (Å²) in [7, 11) is 3.36. The number of carbonyl (C=O) groups is 1. The second kappa shape index (κ2) is 9.78. The Morgan fingerprint density at radius 2 is 1.87 bits per heavy atom. The fourth-order valence-electron chi connectivity index (χ4n) is 6.30. The van der Waals surface area contributed by atoms with E-state index in [1.165, 1.54) is 24.2 Å². The highest BCUT2D eigenvalue weighted by atomic mass is 16.5. The molecule has 4 atom stereocenters. The van der Waals surface area contributed by atoms with Gasteiger partial charge in [-0.2, -0.15) is 0 Å². The molecule has 1 aromatic rings. The minimum atomic E-state index is -0.652. The lowest BCUT2D eigenvalue weighted by atomic mass is 9.66. The number of ether oxygens (including phenoxy) is 2. The van der Waals surface area contributed by atoms with Gasteiger partial charge in [-0.25, -0.2) is 0 Å². The number of aliphatic hydroxyl groups is 1. The molecule has 0 spiro atoms. The number of hydrogen-bond acceptors (Lipinski definition) is 4. The summed E-state index contributed by atoms with van der Waals surface area (Å²) in [6, 6.07) is 6.24. The molecule has 31 heavy (non-hydrogen) atoms. The van der Waals surface area contributed by atoms with E-state index in [0.29, 0.717) is 12.6 Å². The molecule has 3 aliphatic rings. The van der Waals surface area contributed by atoms with Crippen LogP contribution >= 0.6 is 0 Å². The van der Waals surface area contributed by atoms with E-state index in [9.17, 15) is 9.90 Å². The topological polar surface area (TPSA) is 72.2 Å². The predicted molar refractivity (Wildman–Crippen MR) is 120 cm³/mol. The van der Waals surface area contributed by atoms with Gasteiger partial charge >= 0.3 is 0 Å². The van der Waals surface area contributed by atoms with Crippen LogP contribution in [0.25, 0.3) is 0 Å². The second-order valence-electron chi connectivity index (χ2n) is 9.78. The Morgan fingerprint density at radius 3 is 2.61 bits per heavy atom. The molecule has 172 valence electrons. The van der Waals surface area contributed by atoms with Crippen molar-refractivity contribution in [3.8, 4) is 11.5 Å². The van der Waals surface area contributed by atoms with E-state index >= 15 is 0 Å². The maximum atomic E-state index is 13.0. The van der Waals surface area contributed by atoms with Gasteiger partial charge in [-0.05, 0) is 43.9 Å². The van der Waals surface area contributed by atoms with Crippen LogP contribution < -0.4 is 19.7 Å². The lowest BCUT2D eigenvalue weighted by molar-refractivity contribution is -0.937. The van der Waals surface area contributed by atoms with Crippen molar-refractivity contribution in [2.24, 2.45) is 5.92 Å². The van der Waals surface area contributed by atoms with E-state index in [2.05, 4.69) is 5.32 Å². The molecule has 1 amide bonds. The number of amides is 1. The van der Waals surface area contributed by atoms with Crippen molar-refractivity contribution in [2.45, 2.75) is 81.9 Å². The zero-order chi connectivity index (χ0) is 21.8. The zero-order valence-corrected chi connectivity index (χ0v) is 19.1. The minimum Gasteiger partial charge on any atom is -0.497 e. The monoisotopic (exact) mass is 431 g/mol. The number of carbonyl (C=O) groups excluding carboxylic acids is 1. The van der Waals surface area contributed by atoms with Crippen LogP contribution in [0.2, 0.25) is 0 Å². The third-order valence-electron chi connectivity index (χ3n) is 7.92. The lowest BCUT2D eigenvalue weighted by Gasteiger charge is -2.50. The fraction of sp³-hybridized carbons (Fsp3) is 0.720. The molecule has 0 bridgehead atoms. The van der Waals surface area contributed by atoms with Gasteiger partial charge in [-0.1, -0.05) is 32.1 Å². The molecule has 0 radical (unpaired) electrons. The largest absolute Gasteiger partial charge is 0.497 e. The van der Waals surface area contributed by atoms with Crippen LogP contribution in [0.5, 0.6) is 11.5 Å². The number of rotatable bonds is 6. The van der Waals surface area contributed by atoms with Gasteiger partial charge in [-0.15, -0.1) is 0 Å². The number of benzene rings is 1. The van der Waals surface area contributed by atoms with Gasteiger partial charge in [0.25, 0.3) is 5.91 Å². The minimum absolute atomic E-state index is 0.0150. The van der Waals surface area contributed by atoms with Crippen LogP contribution in [0.4, 0.5) is 0 Å². The summed E-state index contributed by atoms with van der Waals surface area (Å²) < 4.78 is 11.3. The van der Waals surface area contributed by atoms with Gasteiger partial charge in [0.15, 0.2) is 6.54 Å². The molecule has 6 nitrogen and oxygen atoms in total. The number of fused-ring (bicyclic) bond motifs is 1. The molecule has 0 aromatic heterocycles. The summed E-state index contributed by atoms with van der Waals surface area (Å²) in [5.41, 5.74) is 0.396. The molecule has 2 aliphatic carbocycles. The third-order valence-corrected chi connectivity index (χ3v) is 7.92. The molecule has 1 saturated heterocycles. The fourth-order valence-corrected chi connectivity index (χ4v) is 6.30. The Labute approximate surface area is 186 Å². The Kier molecular flexibility index (Phi) is 7.07. The SMILES string of the molecule is COc1ccc(OC)c([C@@H]2[C@@H]3CCCC[C@]3(O)CC[NH+]2CC(=O)NC2CCCCC2)c1. The van der Waals surface area contributed by atoms with Crippen molar-refractivity contribution in [3.63, 3.8) is 0 Å². The Hall–Kier alpha value is -1.79. The average Bonchev–Trinajstić information content (AvgIpc) is 2.79. The Morgan fingerprint density at radius 1 is 1.10 bits per heavy atom. The van der Waals surface area contributed by atoms with Gasteiger partial charge in [0.1, 0.15) is 17.5 Å². The molecular weight excluding hydrogens is 392 g/mol. The molecule has 3 fully saturated rings. The first kappa shape index (κ1) is 22.4. The summed E-state index contributed by atoms with van der Waals surface area (Å²) in [5.74, 6) is 1.85. The van der Waals surface area contributed by atoms with Gasteiger partial charge in [0.2, 0.25) is 0 Å². The van der Waals surface area contributed by atoms with E-state index in [1.54, 1.807) is 14.2 Å². The van der Waals surface area contributed by atoms with E-state index in [-0.39, 0.29) is 17.9 Å². The lowest BCUT2D eigenvalue weighted by Crippen LogP contribution is -3.16. The van der Waals surface area contributed by atoms with Gasteiger partial charge < -0.3 is 24.8 Å². The third kappa shape index (κ3) is 4.85. The molecule has 1 aromatic carbocycles. The van der Waals surface area contributed by atoms with Gasteiger partial charge in [0, 0.05) is 18.4 Å². The standard InChI is InChI=1S/C25H38N2O4/c1-30-19-11-12-22(31-2)20(16-19)24-21-10-6-7-13-25(21,29)14-15-27(24)17-23(28)26-18-8-4-3-5-9-18/h11-12,16,18,21,24,29H,3-10,13-15,17H2,1-2H3,(H,26,28)/p+1/t21-,24+,25-/m0/s1. The van der Waals surface area contributed by atoms with Crippen molar-refractivity contribution in [3.05, 3.63) is 23.8 Å². The van der Waals surface area contributed by atoms with E-state index < -0.39 is 5.60 Å². The first-order valence-corrected chi connectivity index (χ1v) is 12.1. The zero-order valence-electron chi connectivity index (χ0n) is 19.1. The van der Waals surface area contributed by atoms with E-state index in [1.807, 2.05) is 18.2 Å². The van der Waals surface area contributed by atoms with Gasteiger partial charge in [0.05, 0.1) is 31.9 Å². The van der Waals surface area contributed by atoms with Crippen LogP contribution in [0.15, 0.2) is 18.2 Å². The van der Waals surface area contributed by atoms with Crippen LogP contribution in [-0.2, 0) is 4.79 Å². The summed E-state index contributed by atoms with van der Waals surface area (Å²) in [5, 5.41) is 14.8. The highest BCUT2D eigenvalue weighted by Crippen LogP contribution is 2.46. The number of likely N-dealkylation sites (tertiary alicyclic amines) is 1. The maximum absolute atomic E-state index is 13.0. The number of quaternary nitrogens is 1. The highest BCUT2D eigenvalue weighted by molar-refractivity contribution is 5.77. The van der Waals surface area contributed by atoms with Crippen LogP contribution in [0.1, 0.15) is 75.8 Å². The molecule has 1 unspecified atom stereocenters. The van der Waals surface area contributed by atoms with Crippen molar-refractivity contribution in [2.75, 3.05) is 27.3 Å². The Bertz CT molecular complexity index is 764. The van der Waals surface area contributed by atoms with Crippen molar-refractivity contribution >= 4 is 5.91 Å². The van der Waals surface area contributed by atoms with Crippen molar-refractivity contribution < 1.29 is 24.3 Å². The number of hydrogen-bond donors (Lipinski definition) is 3. The molecule has 1 heterocycles. The molecule has 3 N–H and O–H groups in total. The smallest absolute Gasteiger partial charge is 0.275 e. The quantitative estimate of drug-likeness (QED) is 0.647. The van der Waals surface area contributed by atoms with Crippen LogP contribution in [0, 0.1) is 5.92 Å². The van der Waals surface area contributed by atoms with Crippen molar-refractivity contribution in [1.29, 1.82) is 0 Å². The second-order valence-corrected chi connectivity index (χ2v) is 9.78. The first-order chi connectivity index (χ1) is 15.0. The molecular formula is C25H39N2O4+. The van der Waals surface area contributed by atoms with Crippen molar-refractivity contribution in [1.82, 2.24) is 5.32 Å². The van der Waals surface area contributed by atoms with Crippen LogP contribution in [0.3, 0.4) is 0 Å². The molecule has 6 heteroatoms. The predicted octanol–water partition coefficient (Wildman–Crippen LogP) is 2.40. The first-order valence-electron chi connectivity index (χ1n) is 12.1. The number of piperidine rings is 1. The Balaban J connectivity index is 1.61. The van der Waals surface area contributed by atoms with Gasteiger partial charge in [-0.3, -0.25) is 4.79 Å². The van der Waals surface area contributed by atoms with Crippen LogP contribution in [-0.4, -0.2) is 50.0 Å². The van der Waals surface area contributed by atoms with E-state index in [4.69, 9.17) is 9.47 Å². The average molecular weight is 432 g/mol. The summed E-state index contributed by atoms with van der Waals surface area (Å²) in [6.45, 7) is 1.23. The summed E-state index contributed by atoms with van der Waals surface area (Å²) in [6.07, 6.45) is 10.7. The normalized spacial score (nSPS) is 31.5. The number of nitrogens with one attached hydrogen (secondary N) is 2. The highest BCUT2D eigenvalue weighted by Gasteiger charge is 2.52. The summed E-state index contributed by atoms with van der Waals surface area (Å²) >= 11 is 0. The summed E-state index contributed by atoms with van der Waals surface area (Å²) in [4.78, 5) is 14.3. The maximum Gasteiger partial charge on any atom is 0.275 e. The number of methoxy groups -OCH3 is 2. The van der Waals surface area contributed by atoms with E-state index in [0.717, 1.165) is 68.6 Å². The molecule has 4 rings (SSSR count). The molecule has 1 aliphatic heterocycles.